The fourth-order valence-electron chi connectivity index (χ4n) is 3.84. The van der Waals surface area contributed by atoms with Gasteiger partial charge in [-0.25, -0.2) is 9.18 Å². The minimum absolute atomic E-state index is 0.0803. The lowest BCUT2D eigenvalue weighted by molar-refractivity contribution is -0.138. The number of carbonyl (C=O) groups is 1. The molecule has 0 saturated heterocycles. The molecule has 0 aliphatic carbocycles. The van der Waals surface area contributed by atoms with Crippen molar-refractivity contribution < 1.29 is 32.2 Å². The standard InChI is InChI=1S/C26H18ClF4NO3/c1-15-5-11-21(32(15)22-4-2-3-19(25(33)34)24(22)26(29,30)31)20-13-17(27)8-12-23(20)35-14-16-6-9-18(28)10-7-16/h2-13H,14H2,1H3,(H,33,34). The maximum Gasteiger partial charge on any atom is 0.419 e. The molecule has 35 heavy (non-hydrogen) atoms. The number of carboxylic acids is 1. The van der Waals surface area contributed by atoms with Crippen molar-refractivity contribution in [1.82, 2.24) is 4.57 Å². The number of alkyl halides is 3. The molecule has 0 atom stereocenters. The number of hydrogen-bond donors (Lipinski definition) is 1. The molecule has 4 nitrogen and oxygen atoms in total. The van der Waals surface area contributed by atoms with Gasteiger partial charge in [-0.3, -0.25) is 0 Å². The Morgan fingerprint density at radius 3 is 2.40 bits per heavy atom. The minimum atomic E-state index is -4.92. The number of aromatic carboxylic acids is 1. The van der Waals surface area contributed by atoms with Gasteiger partial charge in [-0.15, -0.1) is 0 Å². The Balaban J connectivity index is 1.86. The molecule has 0 radical (unpaired) electrons. The van der Waals surface area contributed by atoms with E-state index in [1.165, 1.54) is 28.8 Å². The molecule has 1 N–H and O–H groups in total. The summed E-state index contributed by atoms with van der Waals surface area (Å²) in [6.07, 6.45) is -4.92. The molecule has 1 aromatic heterocycles. The Kier molecular flexibility index (Phi) is 6.58. The van der Waals surface area contributed by atoms with E-state index in [0.717, 1.165) is 6.07 Å². The van der Waals surface area contributed by atoms with E-state index in [0.29, 0.717) is 33.3 Å². The maximum atomic E-state index is 14.1. The maximum absolute atomic E-state index is 14.1. The molecular formula is C26H18ClF4NO3. The molecule has 180 valence electrons. The summed E-state index contributed by atoms with van der Waals surface area (Å²) < 4.78 is 62.6. The molecule has 4 rings (SSSR count). The third kappa shape index (κ3) is 5.02. The number of halogens is 5. The summed E-state index contributed by atoms with van der Waals surface area (Å²) in [5.41, 5.74) is -0.588. The third-order valence-corrected chi connectivity index (χ3v) is 5.63. The highest BCUT2D eigenvalue weighted by molar-refractivity contribution is 6.31. The normalized spacial score (nSPS) is 11.5. The molecule has 0 saturated carbocycles. The van der Waals surface area contributed by atoms with Crippen LogP contribution in [0, 0.1) is 12.7 Å². The van der Waals surface area contributed by atoms with E-state index < -0.39 is 29.1 Å². The van der Waals surface area contributed by atoms with Crippen molar-refractivity contribution in [1.29, 1.82) is 0 Å². The summed E-state index contributed by atoms with van der Waals surface area (Å²) >= 11 is 6.21. The zero-order valence-electron chi connectivity index (χ0n) is 18.2. The lowest BCUT2D eigenvalue weighted by Gasteiger charge is -2.21. The van der Waals surface area contributed by atoms with Crippen LogP contribution in [0.5, 0.6) is 5.75 Å². The van der Waals surface area contributed by atoms with Gasteiger partial charge in [0.1, 0.15) is 18.2 Å². The van der Waals surface area contributed by atoms with Crippen molar-refractivity contribution in [3.8, 4) is 22.7 Å². The first-order valence-electron chi connectivity index (χ1n) is 10.4. The van der Waals surface area contributed by atoms with Gasteiger partial charge in [-0.05, 0) is 67.1 Å². The first-order valence-corrected chi connectivity index (χ1v) is 10.7. The minimum Gasteiger partial charge on any atom is -0.488 e. The van der Waals surface area contributed by atoms with E-state index in [-0.39, 0.29) is 12.3 Å². The molecule has 0 spiro atoms. The highest BCUT2D eigenvalue weighted by Crippen LogP contribution is 2.41. The van der Waals surface area contributed by atoms with Crippen molar-refractivity contribution in [2.45, 2.75) is 19.7 Å². The number of aryl methyl sites for hydroxylation is 1. The van der Waals surface area contributed by atoms with Crippen LogP contribution in [0.25, 0.3) is 16.9 Å². The van der Waals surface area contributed by atoms with Gasteiger partial charge >= 0.3 is 12.1 Å². The number of benzene rings is 3. The first-order chi connectivity index (χ1) is 16.6. The second kappa shape index (κ2) is 9.46. The molecule has 4 aromatic rings. The van der Waals surface area contributed by atoms with Crippen molar-refractivity contribution >= 4 is 17.6 Å². The molecule has 0 aliphatic heterocycles. The molecule has 0 bridgehead atoms. The zero-order chi connectivity index (χ0) is 25.3. The van der Waals surface area contributed by atoms with Crippen LogP contribution in [-0.4, -0.2) is 15.6 Å². The van der Waals surface area contributed by atoms with Crippen LogP contribution < -0.4 is 4.74 Å². The van der Waals surface area contributed by atoms with Crippen molar-refractivity contribution in [3.05, 3.63) is 106 Å². The van der Waals surface area contributed by atoms with Crippen LogP contribution in [0.2, 0.25) is 5.02 Å². The largest absolute Gasteiger partial charge is 0.488 e. The quantitative estimate of drug-likeness (QED) is 0.276. The number of aromatic nitrogens is 1. The van der Waals surface area contributed by atoms with Crippen LogP contribution in [0.3, 0.4) is 0 Å². The monoisotopic (exact) mass is 503 g/mol. The summed E-state index contributed by atoms with van der Waals surface area (Å²) in [5, 5.41) is 9.74. The van der Waals surface area contributed by atoms with Crippen LogP contribution in [-0.2, 0) is 12.8 Å². The summed E-state index contributed by atoms with van der Waals surface area (Å²) in [5.74, 6) is -1.74. The molecule has 3 aromatic carbocycles. The second-order valence-corrected chi connectivity index (χ2v) is 8.19. The van der Waals surface area contributed by atoms with Gasteiger partial charge in [-0.2, -0.15) is 13.2 Å². The van der Waals surface area contributed by atoms with Crippen molar-refractivity contribution in [3.63, 3.8) is 0 Å². The number of ether oxygens (including phenoxy) is 1. The third-order valence-electron chi connectivity index (χ3n) is 5.40. The van der Waals surface area contributed by atoms with Crippen LogP contribution in [0.1, 0.15) is 27.2 Å². The fraction of sp³-hybridized carbons (Fsp3) is 0.115. The van der Waals surface area contributed by atoms with Gasteiger partial charge < -0.3 is 14.4 Å². The molecule has 1 heterocycles. The van der Waals surface area contributed by atoms with E-state index in [1.54, 1.807) is 49.4 Å². The van der Waals surface area contributed by atoms with Gasteiger partial charge in [0.2, 0.25) is 0 Å². The lowest BCUT2D eigenvalue weighted by Crippen LogP contribution is -2.17. The predicted molar refractivity (Wildman–Crippen MR) is 124 cm³/mol. The Morgan fingerprint density at radius 2 is 1.74 bits per heavy atom. The van der Waals surface area contributed by atoms with E-state index in [2.05, 4.69) is 0 Å². The summed E-state index contributed by atoms with van der Waals surface area (Å²) in [7, 11) is 0. The van der Waals surface area contributed by atoms with Gasteiger partial charge in [0.15, 0.2) is 0 Å². The van der Waals surface area contributed by atoms with Crippen LogP contribution in [0.15, 0.2) is 72.8 Å². The van der Waals surface area contributed by atoms with E-state index in [4.69, 9.17) is 16.3 Å². The SMILES string of the molecule is Cc1ccc(-c2cc(Cl)ccc2OCc2ccc(F)cc2)n1-c1cccc(C(=O)O)c1C(F)(F)F. The smallest absolute Gasteiger partial charge is 0.419 e. The summed E-state index contributed by atoms with van der Waals surface area (Å²) in [6, 6.07) is 17.1. The Bertz CT molecular complexity index is 1390. The molecular weight excluding hydrogens is 486 g/mol. The zero-order valence-corrected chi connectivity index (χ0v) is 19.0. The lowest BCUT2D eigenvalue weighted by atomic mass is 10.0. The summed E-state index contributed by atoms with van der Waals surface area (Å²) in [6.45, 7) is 1.69. The Hall–Kier alpha value is -3.78. The number of hydrogen-bond acceptors (Lipinski definition) is 2. The van der Waals surface area contributed by atoms with E-state index >= 15 is 0 Å². The van der Waals surface area contributed by atoms with Gasteiger partial charge in [0.05, 0.1) is 22.5 Å². The average molecular weight is 504 g/mol. The van der Waals surface area contributed by atoms with E-state index in [9.17, 15) is 27.5 Å². The topological polar surface area (TPSA) is 51.5 Å². The Labute approximate surface area is 203 Å². The fourth-order valence-corrected chi connectivity index (χ4v) is 4.01. The molecule has 0 amide bonds. The molecule has 0 unspecified atom stereocenters. The van der Waals surface area contributed by atoms with E-state index in [1.807, 2.05) is 0 Å². The number of carboxylic acid groups (broad SMARTS) is 1. The molecule has 0 fully saturated rings. The van der Waals surface area contributed by atoms with Crippen molar-refractivity contribution in [2.75, 3.05) is 0 Å². The highest BCUT2D eigenvalue weighted by atomic mass is 35.5. The number of nitrogens with zero attached hydrogens (tertiary/aromatic N) is 1. The average Bonchev–Trinajstić information content (AvgIpc) is 3.19. The van der Waals surface area contributed by atoms with Gasteiger partial charge in [-0.1, -0.05) is 29.8 Å². The van der Waals surface area contributed by atoms with Crippen LogP contribution in [0.4, 0.5) is 17.6 Å². The molecule has 0 aliphatic rings. The van der Waals surface area contributed by atoms with Gasteiger partial charge in [0.25, 0.3) is 0 Å². The molecule has 9 heteroatoms. The predicted octanol–water partition coefficient (Wildman–Crippen LogP) is 7.54. The number of rotatable bonds is 6. The first kappa shape index (κ1) is 24.3. The Morgan fingerprint density at radius 1 is 1.03 bits per heavy atom. The second-order valence-electron chi connectivity index (χ2n) is 7.75. The summed E-state index contributed by atoms with van der Waals surface area (Å²) in [4.78, 5) is 11.6. The van der Waals surface area contributed by atoms with Crippen LogP contribution >= 0.6 is 11.6 Å². The van der Waals surface area contributed by atoms with Gasteiger partial charge in [0, 0.05) is 16.3 Å². The highest BCUT2D eigenvalue weighted by Gasteiger charge is 2.39. The van der Waals surface area contributed by atoms with Crippen molar-refractivity contribution in [2.24, 2.45) is 0 Å².